The third-order valence-corrected chi connectivity index (χ3v) is 6.70. The summed E-state index contributed by atoms with van der Waals surface area (Å²) in [6.07, 6.45) is 3.45. The normalized spacial score (nSPS) is 20.9. The number of guanidine groups is 1. The molecule has 27 heavy (non-hydrogen) atoms. The van der Waals surface area contributed by atoms with Crippen molar-refractivity contribution in [2.75, 3.05) is 33.7 Å². The minimum Gasteiger partial charge on any atom is -0.356 e. The van der Waals surface area contributed by atoms with E-state index in [0.29, 0.717) is 12.0 Å². The van der Waals surface area contributed by atoms with Gasteiger partial charge >= 0.3 is 0 Å². The molecule has 1 saturated heterocycles. The topological polar surface area (TPSA) is 52.6 Å². The summed E-state index contributed by atoms with van der Waals surface area (Å²) in [5.74, 6) is 1.49. The Labute approximate surface area is 187 Å². The van der Waals surface area contributed by atoms with Gasteiger partial charge in [-0.1, -0.05) is 6.07 Å². The molecular formula is C19H30IN5S2. The standard InChI is InChI=1S/C19H29N5S2.HI/c1-14-23-16(13-26-14)8-9-21-19(20-2)22-12-15-6-4-10-24(3)18(15)17-7-5-11-25-17;/h5,7,11,13,15,18H,4,6,8-10,12H2,1-3H3,(H2,20,21,22);1H. The number of rotatable bonds is 6. The number of hydrogen-bond donors (Lipinski definition) is 2. The number of likely N-dealkylation sites (tertiary alicyclic amines) is 1. The van der Waals surface area contributed by atoms with Crippen molar-refractivity contribution < 1.29 is 0 Å². The van der Waals surface area contributed by atoms with Gasteiger partial charge in [0.15, 0.2) is 5.96 Å². The summed E-state index contributed by atoms with van der Waals surface area (Å²) in [7, 11) is 4.09. The van der Waals surface area contributed by atoms with Crippen LogP contribution < -0.4 is 10.6 Å². The van der Waals surface area contributed by atoms with E-state index in [1.165, 1.54) is 24.3 Å². The van der Waals surface area contributed by atoms with Crippen LogP contribution in [0.2, 0.25) is 0 Å². The molecule has 2 unspecified atom stereocenters. The predicted octanol–water partition coefficient (Wildman–Crippen LogP) is 3.92. The molecule has 3 heterocycles. The average Bonchev–Trinajstić information content (AvgIpc) is 3.30. The van der Waals surface area contributed by atoms with Gasteiger partial charge in [0, 0.05) is 42.9 Å². The first kappa shape index (κ1) is 22.6. The minimum atomic E-state index is 0. The molecular weight excluding hydrogens is 489 g/mol. The van der Waals surface area contributed by atoms with Crippen LogP contribution >= 0.6 is 46.7 Å². The lowest BCUT2D eigenvalue weighted by Gasteiger charge is -2.39. The van der Waals surface area contributed by atoms with E-state index in [4.69, 9.17) is 0 Å². The van der Waals surface area contributed by atoms with Gasteiger partial charge in [-0.3, -0.25) is 9.89 Å². The van der Waals surface area contributed by atoms with Gasteiger partial charge in [-0.2, -0.15) is 0 Å². The SMILES string of the molecule is CN=C(NCCc1csc(C)n1)NCC1CCCN(C)C1c1cccs1.I. The average molecular weight is 520 g/mol. The van der Waals surface area contributed by atoms with Crippen molar-refractivity contribution in [2.24, 2.45) is 10.9 Å². The fourth-order valence-corrected chi connectivity index (χ4v) is 5.29. The molecule has 2 aromatic rings. The number of nitrogens with zero attached hydrogens (tertiary/aromatic N) is 3. The molecule has 150 valence electrons. The fourth-order valence-electron chi connectivity index (χ4n) is 3.66. The Morgan fingerprint density at radius 3 is 2.89 bits per heavy atom. The van der Waals surface area contributed by atoms with E-state index >= 15 is 0 Å². The predicted molar refractivity (Wildman–Crippen MR) is 128 cm³/mol. The summed E-state index contributed by atoms with van der Waals surface area (Å²) >= 11 is 3.58. The van der Waals surface area contributed by atoms with Crippen molar-refractivity contribution in [1.82, 2.24) is 20.5 Å². The Bertz CT molecular complexity index is 701. The summed E-state index contributed by atoms with van der Waals surface area (Å²) in [6.45, 7) is 5.02. The molecule has 1 aliphatic rings. The van der Waals surface area contributed by atoms with Crippen LogP contribution in [0.4, 0.5) is 0 Å². The Morgan fingerprint density at radius 2 is 2.22 bits per heavy atom. The zero-order valence-corrected chi connectivity index (χ0v) is 20.2. The van der Waals surface area contributed by atoms with E-state index in [0.717, 1.165) is 36.2 Å². The van der Waals surface area contributed by atoms with E-state index < -0.39 is 0 Å². The number of aromatic nitrogens is 1. The molecule has 0 aliphatic carbocycles. The molecule has 0 spiro atoms. The number of thiazole rings is 1. The van der Waals surface area contributed by atoms with Crippen molar-refractivity contribution in [3.8, 4) is 0 Å². The zero-order chi connectivity index (χ0) is 18.4. The Balaban J connectivity index is 0.00000261. The quantitative estimate of drug-likeness (QED) is 0.345. The van der Waals surface area contributed by atoms with Crippen LogP contribution in [0.25, 0.3) is 0 Å². The molecule has 2 aromatic heterocycles. The number of piperidine rings is 1. The Kier molecular flexibility index (Phi) is 9.47. The lowest BCUT2D eigenvalue weighted by Crippen LogP contribution is -2.45. The van der Waals surface area contributed by atoms with Crippen LogP contribution in [0.5, 0.6) is 0 Å². The van der Waals surface area contributed by atoms with Gasteiger partial charge in [-0.25, -0.2) is 4.98 Å². The number of hydrogen-bond acceptors (Lipinski definition) is 5. The maximum absolute atomic E-state index is 4.51. The first-order valence-electron chi connectivity index (χ1n) is 9.26. The molecule has 5 nitrogen and oxygen atoms in total. The van der Waals surface area contributed by atoms with E-state index in [-0.39, 0.29) is 24.0 Å². The second-order valence-electron chi connectivity index (χ2n) is 6.83. The van der Waals surface area contributed by atoms with Gasteiger partial charge in [0.1, 0.15) is 0 Å². The molecule has 3 rings (SSSR count). The summed E-state index contributed by atoms with van der Waals surface area (Å²) in [4.78, 5) is 12.9. The lowest BCUT2D eigenvalue weighted by molar-refractivity contribution is 0.125. The maximum Gasteiger partial charge on any atom is 0.190 e. The van der Waals surface area contributed by atoms with E-state index in [2.05, 4.69) is 55.5 Å². The van der Waals surface area contributed by atoms with Crippen molar-refractivity contribution in [3.05, 3.63) is 38.5 Å². The molecule has 2 N–H and O–H groups in total. The lowest BCUT2D eigenvalue weighted by atomic mass is 9.88. The number of nitrogens with one attached hydrogen (secondary N) is 2. The number of halogens is 1. The van der Waals surface area contributed by atoms with E-state index in [1.807, 2.05) is 25.3 Å². The Hall–Kier alpha value is -0.710. The van der Waals surface area contributed by atoms with Crippen molar-refractivity contribution >= 4 is 52.6 Å². The van der Waals surface area contributed by atoms with Gasteiger partial charge in [0.05, 0.1) is 10.7 Å². The highest BCUT2D eigenvalue weighted by Gasteiger charge is 2.31. The third-order valence-electron chi connectivity index (χ3n) is 4.94. The number of thiophene rings is 1. The highest BCUT2D eigenvalue weighted by atomic mass is 127. The molecule has 1 fully saturated rings. The van der Waals surface area contributed by atoms with Crippen LogP contribution in [0, 0.1) is 12.8 Å². The molecule has 0 bridgehead atoms. The number of aryl methyl sites for hydroxylation is 1. The summed E-state index contributed by atoms with van der Waals surface area (Å²) in [5.41, 5.74) is 1.15. The minimum absolute atomic E-state index is 0. The van der Waals surface area contributed by atoms with Crippen molar-refractivity contribution in [2.45, 2.75) is 32.2 Å². The van der Waals surface area contributed by atoms with Gasteiger partial charge in [-0.05, 0) is 50.7 Å². The molecule has 1 aliphatic heterocycles. The van der Waals surface area contributed by atoms with Crippen molar-refractivity contribution in [1.29, 1.82) is 0 Å². The van der Waals surface area contributed by atoms with Gasteiger partial charge in [0.2, 0.25) is 0 Å². The summed E-state index contributed by atoms with van der Waals surface area (Å²) in [5, 5.41) is 12.4. The third kappa shape index (κ3) is 6.40. The fraction of sp³-hybridized carbons (Fsp3) is 0.579. The molecule has 0 radical (unpaired) electrons. The largest absolute Gasteiger partial charge is 0.356 e. The first-order chi connectivity index (χ1) is 12.7. The number of aliphatic imine (C=N–C) groups is 1. The molecule has 2 atom stereocenters. The maximum atomic E-state index is 4.51. The summed E-state index contributed by atoms with van der Waals surface area (Å²) in [6, 6.07) is 4.94. The van der Waals surface area contributed by atoms with E-state index in [1.54, 1.807) is 11.3 Å². The van der Waals surface area contributed by atoms with Crippen LogP contribution in [0.15, 0.2) is 27.9 Å². The molecule has 8 heteroatoms. The van der Waals surface area contributed by atoms with Crippen LogP contribution in [-0.2, 0) is 6.42 Å². The highest BCUT2D eigenvalue weighted by Crippen LogP contribution is 2.36. The monoisotopic (exact) mass is 519 g/mol. The molecule has 0 aromatic carbocycles. The zero-order valence-electron chi connectivity index (χ0n) is 16.3. The van der Waals surface area contributed by atoms with Gasteiger partial charge < -0.3 is 10.6 Å². The van der Waals surface area contributed by atoms with Crippen molar-refractivity contribution in [3.63, 3.8) is 0 Å². The van der Waals surface area contributed by atoms with Gasteiger partial charge in [0.25, 0.3) is 0 Å². The molecule has 0 saturated carbocycles. The summed E-state index contributed by atoms with van der Waals surface area (Å²) < 4.78 is 0. The smallest absolute Gasteiger partial charge is 0.190 e. The van der Waals surface area contributed by atoms with Crippen LogP contribution in [-0.4, -0.2) is 49.6 Å². The van der Waals surface area contributed by atoms with Crippen LogP contribution in [0.1, 0.15) is 34.5 Å². The van der Waals surface area contributed by atoms with Crippen LogP contribution in [0.3, 0.4) is 0 Å². The molecule has 0 amide bonds. The van der Waals surface area contributed by atoms with Gasteiger partial charge in [-0.15, -0.1) is 46.7 Å². The van der Waals surface area contributed by atoms with E-state index in [9.17, 15) is 0 Å². The first-order valence-corrected chi connectivity index (χ1v) is 11.0. The second-order valence-corrected chi connectivity index (χ2v) is 8.87. The highest BCUT2D eigenvalue weighted by molar-refractivity contribution is 14.0. The second kappa shape index (κ2) is 11.3. The Morgan fingerprint density at radius 1 is 1.37 bits per heavy atom.